The van der Waals surface area contributed by atoms with Crippen LogP contribution < -0.4 is 4.73 Å². The lowest BCUT2D eigenvalue weighted by Crippen LogP contribution is -2.31. The Bertz CT molecular complexity index is 404. The third-order valence-corrected chi connectivity index (χ3v) is 2.71. The molecule has 82 valence electrons. The third-order valence-electron chi connectivity index (χ3n) is 2.19. The molecule has 0 aliphatic rings. The zero-order valence-corrected chi connectivity index (χ0v) is 9.59. The molecule has 0 bridgehead atoms. The smallest absolute Gasteiger partial charge is 0.302 e. The number of hydrogen-bond acceptors (Lipinski definition) is 3. The number of ether oxygens (including phenoxy) is 1. The Kier molecular flexibility index (Phi) is 3.52. The maximum absolute atomic E-state index is 11.4. The lowest BCUT2D eigenvalue weighted by molar-refractivity contribution is -0.613. The van der Waals surface area contributed by atoms with Gasteiger partial charge < -0.3 is 9.94 Å². The average molecular weight is 230 g/mol. The van der Waals surface area contributed by atoms with E-state index in [1.807, 2.05) is 0 Å². The van der Waals surface area contributed by atoms with Gasteiger partial charge >= 0.3 is 5.97 Å². The van der Waals surface area contributed by atoms with Gasteiger partial charge in [0.25, 0.3) is 0 Å². The van der Waals surface area contributed by atoms with Crippen LogP contribution in [0, 0.1) is 19.1 Å². The predicted molar refractivity (Wildman–Crippen MR) is 55.4 cm³/mol. The van der Waals surface area contributed by atoms with Crippen molar-refractivity contribution in [1.29, 1.82) is 0 Å². The second-order valence-electron chi connectivity index (χ2n) is 3.28. The van der Waals surface area contributed by atoms with E-state index >= 15 is 0 Å². The molecule has 0 saturated carbocycles. The Hall–Kier alpha value is -1.29. The summed E-state index contributed by atoms with van der Waals surface area (Å²) < 4.78 is 5.51. The van der Waals surface area contributed by atoms with Crippen LogP contribution in [0.15, 0.2) is 6.20 Å². The number of hydrogen-bond donors (Lipinski definition) is 0. The van der Waals surface area contributed by atoms with Gasteiger partial charge in [-0.05, 0) is 6.92 Å². The molecule has 0 spiro atoms. The van der Waals surface area contributed by atoms with Crippen LogP contribution in [0.5, 0.6) is 0 Å². The zero-order chi connectivity index (χ0) is 11.6. The average Bonchev–Trinajstić information content (AvgIpc) is 2.18. The van der Waals surface area contributed by atoms with Gasteiger partial charge in [-0.3, -0.25) is 4.79 Å². The van der Waals surface area contributed by atoms with Crippen LogP contribution in [0.2, 0.25) is 5.02 Å². The van der Waals surface area contributed by atoms with Gasteiger partial charge in [0, 0.05) is 19.4 Å². The highest BCUT2D eigenvalue weighted by Crippen LogP contribution is 2.21. The van der Waals surface area contributed by atoms with Crippen LogP contribution in [0.4, 0.5) is 0 Å². The van der Waals surface area contributed by atoms with Crippen molar-refractivity contribution in [3.8, 4) is 0 Å². The lowest BCUT2D eigenvalue weighted by atomic mass is 10.1. The van der Waals surface area contributed by atoms with Gasteiger partial charge in [0.05, 0.1) is 10.6 Å². The van der Waals surface area contributed by atoms with E-state index in [1.54, 1.807) is 13.8 Å². The summed E-state index contributed by atoms with van der Waals surface area (Å²) in [5.41, 5.74) is 1.77. The molecule has 1 aromatic heterocycles. The van der Waals surface area contributed by atoms with Crippen LogP contribution in [0.25, 0.3) is 0 Å². The van der Waals surface area contributed by atoms with Crippen molar-refractivity contribution in [2.24, 2.45) is 0 Å². The predicted octanol–water partition coefficient (Wildman–Crippen LogP) is 1.65. The van der Waals surface area contributed by atoms with Gasteiger partial charge in [0.2, 0.25) is 0 Å². The number of nitrogens with zero attached hydrogens (tertiary/aromatic N) is 1. The molecule has 0 aliphatic heterocycles. The van der Waals surface area contributed by atoms with Crippen molar-refractivity contribution in [2.45, 2.75) is 27.4 Å². The second kappa shape index (κ2) is 4.49. The Morgan fingerprint density at radius 2 is 2.20 bits per heavy atom. The molecule has 1 heterocycles. The van der Waals surface area contributed by atoms with E-state index in [4.69, 9.17) is 16.3 Å². The number of pyridine rings is 1. The molecule has 0 saturated heterocycles. The quantitative estimate of drug-likeness (QED) is 0.440. The summed E-state index contributed by atoms with van der Waals surface area (Å²) in [5, 5.41) is 11.8. The fourth-order valence-electron chi connectivity index (χ4n) is 1.14. The Labute approximate surface area is 93.0 Å². The molecule has 0 aromatic carbocycles. The van der Waals surface area contributed by atoms with Gasteiger partial charge in [-0.1, -0.05) is 11.6 Å². The Balaban J connectivity index is 3.04. The number of carbonyl (C=O) groups excluding carboxylic acids is 1. The summed E-state index contributed by atoms with van der Waals surface area (Å²) >= 11 is 6.01. The molecule has 4 nitrogen and oxygen atoms in total. The van der Waals surface area contributed by atoms with E-state index in [0.29, 0.717) is 21.8 Å². The SMILES string of the molecule is CC(=O)OCc1c[n+]([O-])c(C)c(C)c1Cl. The number of esters is 1. The van der Waals surface area contributed by atoms with E-state index in [9.17, 15) is 10.0 Å². The minimum Gasteiger partial charge on any atom is -0.618 e. The van der Waals surface area contributed by atoms with Gasteiger partial charge in [-0.2, -0.15) is 4.73 Å². The molecule has 1 rings (SSSR count). The molecule has 0 fully saturated rings. The topological polar surface area (TPSA) is 53.2 Å². The minimum atomic E-state index is -0.401. The Morgan fingerprint density at radius 3 is 2.73 bits per heavy atom. The first-order valence-electron chi connectivity index (χ1n) is 4.44. The standard InChI is InChI=1S/C10H12ClNO3/c1-6-7(2)12(14)4-9(10(6)11)5-15-8(3)13/h4H,5H2,1-3H3. The molecule has 0 N–H and O–H groups in total. The highest BCUT2D eigenvalue weighted by molar-refractivity contribution is 6.32. The second-order valence-corrected chi connectivity index (χ2v) is 3.66. The molecule has 1 aromatic rings. The van der Waals surface area contributed by atoms with E-state index in [-0.39, 0.29) is 6.61 Å². The highest BCUT2D eigenvalue weighted by Gasteiger charge is 2.14. The van der Waals surface area contributed by atoms with Crippen molar-refractivity contribution in [1.82, 2.24) is 0 Å². The van der Waals surface area contributed by atoms with Crippen molar-refractivity contribution in [3.05, 3.63) is 33.2 Å². The lowest BCUT2D eigenvalue weighted by Gasteiger charge is -2.09. The fraction of sp³-hybridized carbons (Fsp3) is 0.400. The highest BCUT2D eigenvalue weighted by atomic mass is 35.5. The zero-order valence-electron chi connectivity index (χ0n) is 8.83. The summed E-state index contributed by atoms with van der Waals surface area (Å²) in [6.45, 7) is 4.77. The fourth-order valence-corrected chi connectivity index (χ4v) is 1.38. The number of carbonyl (C=O) groups is 1. The monoisotopic (exact) mass is 229 g/mol. The maximum atomic E-state index is 11.4. The summed E-state index contributed by atoms with van der Waals surface area (Å²) in [5.74, 6) is -0.401. The van der Waals surface area contributed by atoms with Crippen LogP contribution in [0.1, 0.15) is 23.7 Å². The molecule has 15 heavy (non-hydrogen) atoms. The van der Waals surface area contributed by atoms with E-state index < -0.39 is 5.97 Å². The molecule has 0 unspecified atom stereocenters. The third kappa shape index (κ3) is 2.59. The first-order chi connectivity index (χ1) is 6.93. The van der Waals surface area contributed by atoms with Crippen molar-refractivity contribution < 1.29 is 14.3 Å². The summed E-state index contributed by atoms with van der Waals surface area (Å²) in [7, 11) is 0. The van der Waals surface area contributed by atoms with Crippen molar-refractivity contribution in [2.75, 3.05) is 0 Å². The first kappa shape index (κ1) is 11.8. The Morgan fingerprint density at radius 1 is 1.60 bits per heavy atom. The molecular weight excluding hydrogens is 218 g/mol. The van der Waals surface area contributed by atoms with Crippen LogP contribution >= 0.6 is 11.6 Å². The normalized spacial score (nSPS) is 10.1. The number of rotatable bonds is 2. The summed E-state index contributed by atoms with van der Waals surface area (Å²) in [6, 6.07) is 0. The largest absolute Gasteiger partial charge is 0.618 e. The van der Waals surface area contributed by atoms with Crippen molar-refractivity contribution >= 4 is 17.6 Å². The molecule has 5 heteroatoms. The number of halogens is 1. The molecule has 0 radical (unpaired) electrons. The maximum Gasteiger partial charge on any atom is 0.302 e. The molecule has 0 amide bonds. The van der Waals surface area contributed by atoms with E-state index in [2.05, 4.69) is 0 Å². The van der Waals surface area contributed by atoms with Crippen LogP contribution in [-0.2, 0) is 16.1 Å². The molecular formula is C10H12ClNO3. The van der Waals surface area contributed by atoms with Crippen molar-refractivity contribution in [3.63, 3.8) is 0 Å². The minimum absolute atomic E-state index is 0.0253. The van der Waals surface area contributed by atoms with Crippen LogP contribution in [0.3, 0.4) is 0 Å². The van der Waals surface area contributed by atoms with Gasteiger partial charge in [-0.15, -0.1) is 0 Å². The summed E-state index contributed by atoms with van der Waals surface area (Å²) in [6.07, 6.45) is 1.33. The van der Waals surface area contributed by atoms with Gasteiger partial charge in [0.1, 0.15) is 6.61 Å². The van der Waals surface area contributed by atoms with Gasteiger partial charge in [0.15, 0.2) is 11.9 Å². The van der Waals surface area contributed by atoms with Crippen LogP contribution in [-0.4, -0.2) is 5.97 Å². The summed E-state index contributed by atoms with van der Waals surface area (Å²) in [4.78, 5) is 10.6. The molecule has 0 aliphatic carbocycles. The van der Waals surface area contributed by atoms with E-state index in [0.717, 1.165) is 4.73 Å². The van der Waals surface area contributed by atoms with Gasteiger partial charge in [-0.25, -0.2) is 0 Å². The number of aromatic nitrogens is 1. The first-order valence-corrected chi connectivity index (χ1v) is 4.82. The molecule has 0 atom stereocenters. The van der Waals surface area contributed by atoms with E-state index in [1.165, 1.54) is 13.1 Å².